The minimum atomic E-state index is -2.98. The number of sulfone groups is 1. The fourth-order valence-corrected chi connectivity index (χ4v) is 2.74. The van der Waals surface area contributed by atoms with Gasteiger partial charge in [0.25, 0.3) is 0 Å². The normalized spacial score (nSPS) is 13.3. The Labute approximate surface area is 171 Å². The zero-order valence-corrected chi connectivity index (χ0v) is 18.4. The van der Waals surface area contributed by atoms with E-state index in [4.69, 9.17) is 14.2 Å². The lowest BCUT2D eigenvalue weighted by molar-refractivity contribution is 0.153. The molecule has 1 aliphatic rings. The van der Waals surface area contributed by atoms with Gasteiger partial charge in [0.15, 0.2) is 17.5 Å². The molecule has 0 unspecified atom stereocenters. The third kappa shape index (κ3) is 7.54. The average Bonchev–Trinajstić information content (AvgIpc) is 3.00. The number of nitrogens with one attached hydrogen (secondary N) is 1. The summed E-state index contributed by atoms with van der Waals surface area (Å²) in [7, 11) is 0.665. The quantitative estimate of drug-likeness (QED) is 0.248. The van der Waals surface area contributed by atoms with Gasteiger partial charge in [-0.05, 0) is 17.7 Å². The van der Waals surface area contributed by atoms with Crippen LogP contribution in [0.2, 0.25) is 0 Å². The van der Waals surface area contributed by atoms with Crippen LogP contribution in [0.1, 0.15) is 5.56 Å². The monoisotopic (exact) mass is 499 g/mol. The SMILES string of the molecule is CN=C(NCCOCCS(C)(=O)=O)N(C)Cc1ccc2c(c1)OCO2.I. The van der Waals surface area contributed by atoms with Crippen molar-refractivity contribution in [3.05, 3.63) is 23.8 Å². The average molecular weight is 499 g/mol. The maximum atomic E-state index is 11.0. The Morgan fingerprint density at radius 3 is 2.73 bits per heavy atom. The van der Waals surface area contributed by atoms with Gasteiger partial charge in [0.2, 0.25) is 6.79 Å². The Kier molecular flexibility index (Phi) is 9.44. The highest BCUT2D eigenvalue weighted by Crippen LogP contribution is 2.32. The van der Waals surface area contributed by atoms with Gasteiger partial charge in [-0.25, -0.2) is 8.42 Å². The first kappa shape index (κ1) is 22.8. The van der Waals surface area contributed by atoms with Crippen LogP contribution in [-0.4, -0.2) is 71.9 Å². The predicted molar refractivity (Wildman–Crippen MR) is 111 cm³/mol. The van der Waals surface area contributed by atoms with Gasteiger partial charge in [0.05, 0.1) is 19.0 Å². The Bertz CT molecular complexity index is 712. The van der Waals surface area contributed by atoms with E-state index >= 15 is 0 Å². The lowest BCUT2D eigenvalue weighted by atomic mass is 10.2. The van der Waals surface area contributed by atoms with E-state index in [1.54, 1.807) is 7.05 Å². The first-order valence-electron chi connectivity index (χ1n) is 7.95. The molecule has 0 fully saturated rings. The van der Waals surface area contributed by atoms with Crippen LogP contribution >= 0.6 is 24.0 Å². The summed E-state index contributed by atoms with van der Waals surface area (Å²) >= 11 is 0. The van der Waals surface area contributed by atoms with Crippen LogP contribution < -0.4 is 14.8 Å². The van der Waals surface area contributed by atoms with E-state index in [2.05, 4.69) is 10.3 Å². The third-order valence-electron chi connectivity index (χ3n) is 3.56. The van der Waals surface area contributed by atoms with Crippen LogP contribution in [0.15, 0.2) is 23.2 Å². The van der Waals surface area contributed by atoms with E-state index in [9.17, 15) is 8.42 Å². The number of halogens is 1. The number of rotatable bonds is 8. The highest BCUT2D eigenvalue weighted by Gasteiger charge is 2.14. The summed E-state index contributed by atoms with van der Waals surface area (Å²) in [6.45, 7) is 2.07. The number of ether oxygens (including phenoxy) is 3. The van der Waals surface area contributed by atoms with Crippen molar-refractivity contribution in [3.63, 3.8) is 0 Å². The summed E-state index contributed by atoms with van der Waals surface area (Å²) in [5.41, 5.74) is 1.08. The summed E-state index contributed by atoms with van der Waals surface area (Å²) in [4.78, 5) is 6.22. The molecule has 0 aliphatic carbocycles. The second-order valence-electron chi connectivity index (χ2n) is 5.76. The van der Waals surface area contributed by atoms with Gasteiger partial charge >= 0.3 is 0 Å². The number of aliphatic imine (C=N–C) groups is 1. The molecule has 8 nitrogen and oxygen atoms in total. The molecule has 1 N–H and O–H groups in total. The van der Waals surface area contributed by atoms with Gasteiger partial charge in [-0.3, -0.25) is 4.99 Å². The molecule has 1 aromatic carbocycles. The number of hydrogen-bond donors (Lipinski definition) is 1. The van der Waals surface area contributed by atoms with Gasteiger partial charge in [0, 0.05) is 33.4 Å². The van der Waals surface area contributed by atoms with Crippen molar-refractivity contribution >= 4 is 39.8 Å². The second-order valence-corrected chi connectivity index (χ2v) is 8.02. The molecule has 1 heterocycles. The summed E-state index contributed by atoms with van der Waals surface area (Å²) in [6.07, 6.45) is 1.20. The summed E-state index contributed by atoms with van der Waals surface area (Å²) < 4.78 is 38.0. The molecule has 148 valence electrons. The number of fused-ring (bicyclic) bond motifs is 1. The smallest absolute Gasteiger partial charge is 0.231 e. The molecular formula is C16H26IN3O5S. The number of guanidine groups is 1. The molecule has 26 heavy (non-hydrogen) atoms. The lowest BCUT2D eigenvalue weighted by Gasteiger charge is -2.22. The molecule has 0 saturated carbocycles. The first-order chi connectivity index (χ1) is 11.9. The molecule has 10 heteroatoms. The van der Waals surface area contributed by atoms with Crippen molar-refractivity contribution in [3.8, 4) is 11.5 Å². The largest absolute Gasteiger partial charge is 0.454 e. The number of nitrogens with zero attached hydrogens (tertiary/aromatic N) is 2. The van der Waals surface area contributed by atoms with Crippen LogP contribution in [0, 0.1) is 0 Å². The Balaban J connectivity index is 0.00000338. The zero-order valence-electron chi connectivity index (χ0n) is 15.2. The third-order valence-corrected chi connectivity index (χ3v) is 4.47. The second kappa shape index (κ2) is 10.8. The summed E-state index contributed by atoms with van der Waals surface area (Å²) in [6, 6.07) is 5.85. The van der Waals surface area contributed by atoms with Crippen molar-refractivity contribution in [2.24, 2.45) is 4.99 Å². The molecular weight excluding hydrogens is 473 g/mol. The van der Waals surface area contributed by atoms with Crippen molar-refractivity contribution < 1.29 is 22.6 Å². The first-order valence-corrected chi connectivity index (χ1v) is 10.0. The van der Waals surface area contributed by atoms with Crippen LogP contribution in [0.5, 0.6) is 11.5 Å². The van der Waals surface area contributed by atoms with Gasteiger partial charge in [0.1, 0.15) is 9.84 Å². The van der Waals surface area contributed by atoms with Crippen molar-refractivity contribution in [2.45, 2.75) is 6.54 Å². The maximum absolute atomic E-state index is 11.0. The number of hydrogen-bond acceptors (Lipinski definition) is 6. The fourth-order valence-electron chi connectivity index (χ4n) is 2.32. The summed E-state index contributed by atoms with van der Waals surface area (Å²) in [5, 5.41) is 3.18. The fraction of sp³-hybridized carbons (Fsp3) is 0.562. The predicted octanol–water partition coefficient (Wildman–Crippen LogP) is 1.10. The summed E-state index contributed by atoms with van der Waals surface area (Å²) in [5.74, 6) is 2.28. The van der Waals surface area contributed by atoms with Gasteiger partial charge in [-0.1, -0.05) is 6.07 Å². The van der Waals surface area contributed by atoms with Gasteiger partial charge < -0.3 is 24.4 Å². The number of benzene rings is 1. The molecule has 1 aromatic rings. The van der Waals surface area contributed by atoms with E-state index < -0.39 is 9.84 Å². The Morgan fingerprint density at radius 2 is 2.04 bits per heavy atom. The molecule has 0 spiro atoms. The van der Waals surface area contributed by atoms with Crippen LogP contribution in [0.25, 0.3) is 0 Å². The zero-order chi connectivity index (χ0) is 18.3. The van der Waals surface area contributed by atoms with E-state index in [-0.39, 0.29) is 43.1 Å². The molecule has 0 aromatic heterocycles. The van der Waals surface area contributed by atoms with Gasteiger partial charge in [-0.2, -0.15) is 0 Å². The minimum absolute atomic E-state index is 0. The highest BCUT2D eigenvalue weighted by molar-refractivity contribution is 14.0. The Morgan fingerprint density at radius 1 is 1.31 bits per heavy atom. The molecule has 0 bridgehead atoms. The van der Waals surface area contributed by atoms with Crippen molar-refractivity contribution in [1.82, 2.24) is 10.2 Å². The molecule has 0 amide bonds. The van der Waals surface area contributed by atoms with E-state index in [0.29, 0.717) is 19.7 Å². The molecule has 2 rings (SSSR count). The van der Waals surface area contributed by atoms with Crippen LogP contribution in [-0.2, 0) is 21.1 Å². The molecule has 0 saturated heterocycles. The highest BCUT2D eigenvalue weighted by atomic mass is 127. The standard InChI is InChI=1S/C16H25N3O5S.HI/c1-17-16(18-6-7-22-8-9-25(3,20)21)19(2)11-13-4-5-14-15(10-13)24-12-23-14;/h4-5,10H,6-9,11-12H2,1-3H3,(H,17,18);1H. The van der Waals surface area contributed by atoms with E-state index in [1.807, 2.05) is 30.1 Å². The van der Waals surface area contributed by atoms with Gasteiger partial charge in [-0.15, -0.1) is 24.0 Å². The van der Waals surface area contributed by atoms with E-state index in [0.717, 1.165) is 23.0 Å². The maximum Gasteiger partial charge on any atom is 0.231 e. The van der Waals surface area contributed by atoms with Crippen LogP contribution in [0.3, 0.4) is 0 Å². The Hall–Kier alpha value is -1.27. The van der Waals surface area contributed by atoms with E-state index in [1.165, 1.54) is 6.26 Å². The molecule has 0 radical (unpaired) electrons. The van der Waals surface area contributed by atoms with Crippen LogP contribution in [0.4, 0.5) is 0 Å². The molecule has 1 aliphatic heterocycles. The lowest BCUT2D eigenvalue weighted by Crippen LogP contribution is -2.40. The minimum Gasteiger partial charge on any atom is -0.454 e. The topological polar surface area (TPSA) is 89.5 Å². The molecule has 0 atom stereocenters. The van der Waals surface area contributed by atoms with Crippen molar-refractivity contribution in [1.29, 1.82) is 0 Å². The van der Waals surface area contributed by atoms with Crippen molar-refractivity contribution in [2.75, 3.05) is 52.7 Å².